The first kappa shape index (κ1) is 28.2. The maximum absolute atomic E-state index is 13.3. The predicted octanol–water partition coefficient (Wildman–Crippen LogP) is 2.62. The molecule has 1 aliphatic rings. The Balaban J connectivity index is 1.60. The Bertz CT molecular complexity index is 1220. The van der Waals surface area contributed by atoms with Gasteiger partial charge in [0.25, 0.3) is 5.91 Å². The Hall–Kier alpha value is -3.37. The van der Waals surface area contributed by atoms with Gasteiger partial charge in [-0.05, 0) is 66.3 Å². The number of methoxy groups -OCH3 is 2. The maximum Gasteiger partial charge on any atom is 0.251 e. The monoisotopic (exact) mass is 529 g/mol. The molecule has 1 fully saturated rings. The van der Waals surface area contributed by atoms with Crippen LogP contribution in [0, 0.1) is 11.8 Å². The van der Waals surface area contributed by atoms with E-state index < -0.39 is 10.0 Å². The Kier molecular flexibility index (Phi) is 9.34. The van der Waals surface area contributed by atoms with Crippen LogP contribution in [0.15, 0.2) is 60.0 Å². The molecule has 0 saturated carbocycles. The zero-order valence-corrected chi connectivity index (χ0v) is 22.5. The number of rotatable bonds is 10. The molecular formula is C27H35N3O6S. The molecule has 37 heavy (non-hydrogen) atoms. The number of carbonyl (C=O) groups is 2. The highest BCUT2D eigenvalue weighted by Crippen LogP contribution is 2.28. The fourth-order valence-electron chi connectivity index (χ4n) is 4.59. The van der Waals surface area contributed by atoms with Gasteiger partial charge in [-0.1, -0.05) is 26.5 Å². The van der Waals surface area contributed by atoms with Crippen molar-refractivity contribution in [3.05, 3.63) is 66.2 Å². The molecular weight excluding hydrogens is 494 g/mol. The molecule has 0 bridgehead atoms. The lowest BCUT2D eigenvalue weighted by Gasteiger charge is -2.40. The molecule has 2 aromatic rings. The predicted molar refractivity (Wildman–Crippen MR) is 141 cm³/mol. The molecule has 3 rings (SSSR count). The molecule has 10 heteroatoms. The van der Waals surface area contributed by atoms with Gasteiger partial charge in [0, 0.05) is 31.2 Å². The summed E-state index contributed by atoms with van der Waals surface area (Å²) in [6, 6.07) is 11.4. The van der Waals surface area contributed by atoms with E-state index in [9.17, 15) is 18.0 Å². The van der Waals surface area contributed by atoms with Gasteiger partial charge in [0.2, 0.25) is 15.9 Å². The van der Waals surface area contributed by atoms with Crippen LogP contribution in [0.25, 0.3) is 0 Å². The molecule has 200 valence electrons. The average molecular weight is 530 g/mol. The average Bonchev–Trinajstić information content (AvgIpc) is 2.90. The molecule has 2 N–H and O–H groups in total. The summed E-state index contributed by atoms with van der Waals surface area (Å²) in [6.07, 6.45) is 1.81. The molecule has 0 radical (unpaired) electrons. The summed E-state index contributed by atoms with van der Waals surface area (Å²) in [4.78, 5) is 24.5. The SMILES string of the molecule is C=CC(=O)NC1C(C)CN(S(=O)(=O)c2ccc(C(=O)NCCc3ccc(OC)c(OC)c3)cc2)CC1C. The number of ether oxygens (including phenoxy) is 2. The number of benzene rings is 2. The third kappa shape index (κ3) is 6.69. The third-order valence-corrected chi connectivity index (χ3v) is 8.45. The first-order valence-corrected chi connectivity index (χ1v) is 13.6. The molecule has 0 aromatic heterocycles. The second-order valence-electron chi connectivity index (χ2n) is 9.23. The summed E-state index contributed by atoms with van der Waals surface area (Å²) in [5.74, 6) is 0.565. The van der Waals surface area contributed by atoms with E-state index in [4.69, 9.17) is 9.47 Å². The van der Waals surface area contributed by atoms with Gasteiger partial charge in [-0.15, -0.1) is 0 Å². The lowest BCUT2D eigenvalue weighted by molar-refractivity contribution is -0.118. The summed E-state index contributed by atoms with van der Waals surface area (Å²) in [7, 11) is -0.604. The van der Waals surface area contributed by atoms with Crippen molar-refractivity contribution in [2.45, 2.75) is 31.2 Å². The highest BCUT2D eigenvalue weighted by Gasteiger charge is 2.38. The van der Waals surface area contributed by atoms with Gasteiger partial charge >= 0.3 is 0 Å². The van der Waals surface area contributed by atoms with Crippen molar-refractivity contribution in [3.63, 3.8) is 0 Å². The zero-order chi connectivity index (χ0) is 27.2. The molecule has 2 amide bonds. The van der Waals surface area contributed by atoms with Crippen molar-refractivity contribution in [1.29, 1.82) is 0 Å². The van der Waals surface area contributed by atoms with E-state index in [0.717, 1.165) is 5.56 Å². The van der Waals surface area contributed by atoms with E-state index in [1.807, 2.05) is 32.0 Å². The van der Waals surface area contributed by atoms with Gasteiger partial charge in [0.1, 0.15) is 0 Å². The topological polar surface area (TPSA) is 114 Å². The first-order chi connectivity index (χ1) is 17.6. The minimum atomic E-state index is -3.75. The molecule has 2 aromatic carbocycles. The normalized spacial score (nSPS) is 20.1. The van der Waals surface area contributed by atoms with E-state index >= 15 is 0 Å². The summed E-state index contributed by atoms with van der Waals surface area (Å²) in [5, 5.41) is 5.76. The lowest BCUT2D eigenvalue weighted by atomic mass is 9.87. The van der Waals surface area contributed by atoms with E-state index in [1.165, 1.54) is 34.6 Å². The number of hydrogen-bond donors (Lipinski definition) is 2. The minimum Gasteiger partial charge on any atom is -0.493 e. The lowest BCUT2D eigenvalue weighted by Crippen LogP contribution is -2.55. The van der Waals surface area contributed by atoms with Gasteiger partial charge in [-0.2, -0.15) is 4.31 Å². The molecule has 2 unspecified atom stereocenters. The molecule has 1 heterocycles. The Labute approximate surface area is 218 Å². The number of nitrogens with zero attached hydrogens (tertiary/aromatic N) is 1. The van der Waals surface area contributed by atoms with Crippen LogP contribution in [0.5, 0.6) is 11.5 Å². The number of nitrogens with one attached hydrogen (secondary N) is 2. The van der Waals surface area contributed by atoms with Crippen LogP contribution >= 0.6 is 0 Å². The maximum atomic E-state index is 13.3. The number of sulfonamides is 1. The standard InChI is InChI=1S/C27H35N3O6S/c1-6-25(31)29-26-18(2)16-30(17-19(26)3)37(33,34)22-10-8-21(9-11-22)27(32)28-14-13-20-7-12-23(35-4)24(15-20)36-5/h6-12,15,18-19,26H,1,13-14,16-17H2,2-5H3,(H,28,32)(H,29,31). The van der Waals surface area contributed by atoms with Crippen molar-refractivity contribution in [2.24, 2.45) is 11.8 Å². The Morgan fingerprint density at radius 1 is 1.03 bits per heavy atom. The van der Waals surface area contributed by atoms with Gasteiger partial charge < -0.3 is 20.1 Å². The van der Waals surface area contributed by atoms with E-state index in [1.54, 1.807) is 14.2 Å². The quantitative estimate of drug-likeness (QED) is 0.458. The van der Waals surface area contributed by atoms with E-state index in [0.29, 0.717) is 30.0 Å². The number of amides is 2. The molecule has 2 atom stereocenters. The molecule has 9 nitrogen and oxygen atoms in total. The van der Waals surface area contributed by atoms with Crippen LogP contribution in [0.1, 0.15) is 29.8 Å². The van der Waals surface area contributed by atoms with E-state index in [2.05, 4.69) is 17.2 Å². The molecule has 1 aliphatic heterocycles. The van der Waals surface area contributed by atoms with Gasteiger partial charge in [-0.3, -0.25) is 9.59 Å². The first-order valence-electron chi connectivity index (χ1n) is 12.1. The van der Waals surface area contributed by atoms with Gasteiger partial charge in [0.15, 0.2) is 11.5 Å². The summed E-state index contributed by atoms with van der Waals surface area (Å²) in [5.41, 5.74) is 1.36. The zero-order valence-electron chi connectivity index (χ0n) is 21.7. The molecule has 0 spiro atoms. The van der Waals surface area contributed by atoms with Crippen LogP contribution in [-0.2, 0) is 21.2 Å². The highest BCUT2D eigenvalue weighted by atomic mass is 32.2. The van der Waals surface area contributed by atoms with Crippen molar-refractivity contribution in [2.75, 3.05) is 33.9 Å². The summed E-state index contributed by atoms with van der Waals surface area (Å²) in [6.45, 7) is 8.29. The fourth-order valence-corrected chi connectivity index (χ4v) is 6.24. The third-order valence-electron chi connectivity index (χ3n) is 6.61. The fraction of sp³-hybridized carbons (Fsp3) is 0.407. The van der Waals surface area contributed by atoms with E-state index in [-0.39, 0.29) is 47.7 Å². The van der Waals surface area contributed by atoms with Crippen LogP contribution < -0.4 is 20.1 Å². The highest BCUT2D eigenvalue weighted by molar-refractivity contribution is 7.89. The number of piperidine rings is 1. The molecule has 0 aliphatic carbocycles. The smallest absolute Gasteiger partial charge is 0.251 e. The summed E-state index contributed by atoms with van der Waals surface area (Å²) >= 11 is 0. The Morgan fingerprint density at radius 2 is 1.65 bits per heavy atom. The summed E-state index contributed by atoms with van der Waals surface area (Å²) < 4.78 is 38.5. The van der Waals surface area contributed by atoms with Gasteiger partial charge in [-0.25, -0.2) is 8.42 Å². The van der Waals surface area contributed by atoms with Crippen LogP contribution in [0.2, 0.25) is 0 Å². The number of carbonyl (C=O) groups excluding carboxylic acids is 2. The minimum absolute atomic E-state index is 0.0712. The van der Waals surface area contributed by atoms with Crippen molar-refractivity contribution < 1.29 is 27.5 Å². The van der Waals surface area contributed by atoms with Crippen LogP contribution in [0.3, 0.4) is 0 Å². The van der Waals surface area contributed by atoms with Crippen molar-refractivity contribution in [3.8, 4) is 11.5 Å². The van der Waals surface area contributed by atoms with Crippen LogP contribution in [0.4, 0.5) is 0 Å². The number of hydrogen-bond acceptors (Lipinski definition) is 6. The van der Waals surface area contributed by atoms with Gasteiger partial charge in [0.05, 0.1) is 19.1 Å². The largest absolute Gasteiger partial charge is 0.493 e. The second-order valence-corrected chi connectivity index (χ2v) is 11.2. The van der Waals surface area contributed by atoms with Crippen molar-refractivity contribution >= 4 is 21.8 Å². The molecule has 1 saturated heterocycles. The van der Waals surface area contributed by atoms with Crippen molar-refractivity contribution in [1.82, 2.24) is 14.9 Å². The van der Waals surface area contributed by atoms with Crippen LogP contribution in [-0.4, -0.2) is 64.4 Å². The Morgan fingerprint density at radius 3 is 2.22 bits per heavy atom. The second kappa shape index (κ2) is 12.2.